The molecule has 28 heavy (non-hydrogen) atoms. The van der Waals surface area contributed by atoms with Gasteiger partial charge in [-0.05, 0) is 30.7 Å². The Morgan fingerprint density at radius 2 is 1.54 bits per heavy atom. The summed E-state index contributed by atoms with van der Waals surface area (Å²) < 4.78 is 26.6. The number of anilines is 1. The topological polar surface area (TPSA) is 69.7 Å². The van der Waals surface area contributed by atoms with E-state index in [9.17, 15) is 13.2 Å². The van der Waals surface area contributed by atoms with Gasteiger partial charge in [-0.2, -0.15) is 4.31 Å². The molecule has 2 aromatic rings. The molecule has 0 aliphatic carbocycles. The van der Waals surface area contributed by atoms with E-state index in [1.165, 1.54) is 9.71 Å². The van der Waals surface area contributed by atoms with E-state index in [0.717, 1.165) is 11.3 Å². The molecule has 0 aromatic heterocycles. The first-order valence-electron chi connectivity index (χ1n) is 9.29. The number of benzene rings is 2. The van der Waals surface area contributed by atoms with Crippen molar-refractivity contribution in [2.24, 2.45) is 0 Å². The molecule has 1 aliphatic heterocycles. The van der Waals surface area contributed by atoms with Crippen LogP contribution in [0.3, 0.4) is 0 Å². The Morgan fingerprint density at radius 3 is 2.14 bits per heavy atom. The first kappa shape index (κ1) is 20.3. The van der Waals surface area contributed by atoms with Gasteiger partial charge in [0, 0.05) is 37.3 Å². The maximum Gasteiger partial charge on any atom is 0.241 e. The zero-order valence-corrected chi connectivity index (χ0v) is 16.7. The maximum absolute atomic E-state index is 12.6. The van der Waals surface area contributed by atoms with Crippen LogP contribution in [0.1, 0.15) is 12.5 Å². The molecule has 1 atom stereocenters. The lowest BCUT2D eigenvalue weighted by Gasteiger charge is -2.36. The van der Waals surface area contributed by atoms with Gasteiger partial charge in [-0.3, -0.25) is 9.69 Å². The average molecular weight is 400 g/mol. The lowest BCUT2D eigenvalue weighted by atomic mass is 10.2. The second-order valence-electron chi connectivity index (χ2n) is 6.72. The van der Waals surface area contributed by atoms with Crippen LogP contribution in [0.5, 0.6) is 0 Å². The van der Waals surface area contributed by atoms with E-state index in [1.807, 2.05) is 72.5 Å². The second kappa shape index (κ2) is 9.14. The van der Waals surface area contributed by atoms with Crippen molar-refractivity contribution >= 4 is 27.7 Å². The van der Waals surface area contributed by atoms with E-state index < -0.39 is 10.0 Å². The van der Waals surface area contributed by atoms with Crippen molar-refractivity contribution in [3.8, 4) is 0 Å². The van der Waals surface area contributed by atoms with Crippen LogP contribution >= 0.6 is 0 Å². The van der Waals surface area contributed by atoms with Gasteiger partial charge in [-0.1, -0.05) is 48.5 Å². The number of piperazine rings is 1. The third-order valence-electron chi connectivity index (χ3n) is 4.83. The van der Waals surface area contributed by atoms with Crippen LogP contribution in [0.25, 0.3) is 6.08 Å². The van der Waals surface area contributed by atoms with E-state index in [1.54, 1.807) is 6.08 Å². The van der Waals surface area contributed by atoms with E-state index in [0.29, 0.717) is 26.2 Å². The van der Waals surface area contributed by atoms with Crippen molar-refractivity contribution < 1.29 is 13.2 Å². The fourth-order valence-electron chi connectivity index (χ4n) is 3.09. The molecular weight excluding hydrogens is 374 g/mol. The number of rotatable bonds is 6. The largest absolute Gasteiger partial charge is 0.325 e. The molecule has 1 fully saturated rings. The summed E-state index contributed by atoms with van der Waals surface area (Å²) in [6, 6.07) is 18.3. The molecule has 0 bridgehead atoms. The number of carbonyl (C=O) groups excluding carboxylic acids is 1. The predicted octanol–water partition coefficient (Wildman–Crippen LogP) is 2.63. The van der Waals surface area contributed by atoms with Gasteiger partial charge in [0.25, 0.3) is 0 Å². The van der Waals surface area contributed by atoms with Gasteiger partial charge in [-0.15, -0.1) is 0 Å². The molecule has 1 saturated heterocycles. The molecule has 1 N–H and O–H groups in total. The van der Waals surface area contributed by atoms with Crippen LogP contribution in [0.15, 0.2) is 66.1 Å². The molecule has 1 heterocycles. The van der Waals surface area contributed by atoms with Gasteiger partial charge < -0.3 is 5.32 Å². The van der Waals surface area contributed by atoms with Crippen molar-refractivity contribution in [2.75, 3.05) is 31.5 Å². The highest BCUT2D eigenvalue weighted by atomic mass is 32.2. The number of nitrogens with one attached hydrogen (secondary N) is 1. The molecule has 0 radical (unpaired) electrons. The van der Waals surface area contributed by atoms with Crippen LogP contribution < -0.4 is 5.32 Å². The summed E-state index contributed by atoms with van der Waals surface area (Å²) >= 11 is 0. The summed E-state index contributed by atoms with van der Waals surface area (Å²) in [4.78, 5) is 14.5. The third kappa shape index (κ3) is 5.28. The first-order chi connectivity index (χ1) is 13.5. The minimum Gasteiger partial charge on any atom is -0.325 e. The Balaban J connectivity index is 1.54. The Hall–Kier alpha value is -2.48. The van der Waals surface area contributed by atoms with Crippen LogP contribution in [-0.2, 0) is 14.8 Å². The minimum atomic E-state index is -3.47. The van der Waals surface area contributed by atoms with Gasteiger partial charge in [0.15, 0.2) is 0 Å². The molecular formula is C21H25N3O3S. The predicted molar refractivity (Wildman–Crippen MR) is 112 cm³/mol. The molecule has 0 spiro atoms. The maximum atomic E-state index is 12.6. The summed E-state index contributed by atoms with van der Waals surface area (Å²) in [6.45, 7) is 3.61. The summed E-state index contributed by atoms with van der Waals surface area (Å²) in [5.41, 5.74) is 1.60. The fourth-order valence-corrected chi connectivity index (χ4v) is 4.27. The van der Waals surface area contributed by atoms with Gasteiger partial charge in [0.2, 0.25) is 15.9 Å². The monoisotopic (exact) mass is 399 g/mol. The number of nitrogens with zero attached hydrogens (tertiary/aromatic N) is 2. The fraction of sp³-hybridized carbons (Fsp3) is 0.286. The molecule has 1 amide bonds. The van der Waals surface area contributed by atoms with E-state index >= 15 is 0 Å². The smallest absolute Gasteiger partial charge is 0.241 e. The number of para-hydroxylation sites is 1. The van der Waals surface area contributed by atoms with Crippen molar-refractivity contribution in [3.05, 3.63) is 71.6 Å². The summed E-state index contributed by atoms with van der Waals surface area (Å²) in [7, 11) is -3.47. The lowest BCUT2D eigenvalue weighted by molar-refractivity contribution is -0.121. The standard InChI is InChI=1S/C21H25N3O3S/c1-18(21(25)22-20-10-6-3-7-11-20)23-13-15-24(16-14-23)28(26,27)17-12-19-8-4-2-5-9-19/h2-12,17-18H,13-16H2,1H3,(H,22,25)/b17-12+/t18-/m1/s1. The van der Waals surface area contributed by atoms with Crippen molar-refractivity contribution in [2.45, 2.75) is 13.0 Å². The van der Waals surface area contributed by atoms with E-state index in [4.69, 9.17) is 0 Å². The van der Waals surface area contributed by atoms with Crippen molar-refractivity contribution in [1.29, 1.82) is 0 Å². The Morgan fingerprint density at radius 1 is 0.964 bits per heavy atom. The summed E-state index contributed by atoms with van der Waals surface area (Å²) in [5, 5.41) is 4.15. The number of hydrogen-bond donors (Lipinski definition) is 1. The molecule has 0 saturated carbocycles. The number of hydrogen-bond acceptors (Lipinski definition) is 4. The number of amides is 1. The van der Waals surface area contributed by atoms with Crippen molar-refractivity contribution in [3.63, 3.8) is 0 Å². The highest BCUT2D eigenvalue weighted by molar-refractivity contribution is 7.92. The molecule has 7 heteroatoms. The lowest BCUT2D eigenvalue weighted by Crippen LogP contribution is -2.53. The van der Waals surface area contributed by atoms with Crippen molar-refractivity contribution in [1.82, 2.24) is 9.21 Å². The second-order valence-corrected chi connectivity index (χ2v) is 8.54. The van der Waals surface area contributed by atoms with Gasteiger partial charge >= 0.3 is 0 Å². The molecule has 6 nitrogen and oxygen atoms in total. The number of sulfonamides is 1. The summed E-state index contributed by atoms with van der Waals surface area (Å²) in [5.74, 6) is -0.0912. The normalized spacial score (nSPS) is 17.5. The highest BCUT2D eigenvalue weighted by Gasteiger charge is 2.29. The van der Waals surface area contributed by atoms with Gasteiger partial charge in [0.05, 0.1) is 6.04 Å². The SMILES string of the molecule is C[C@H](C(=O)Nc1ccccc1)N1CCN(S(=O)(=O)/C=C/c2ccccc2)CC1. The van der Waals surface area contributed by atoms with Crippen LogP contribution in [0.4, 0.5) is 5.69 Å². The van der Waals surface area contributed by atoms with Crippen LogP contribution in [0, 0.1) is 0 Å². The van der Waals surface area contributed by atoms with E-state index in [2.05, 4.69) is 5.32 Å². The number of carbonyl (C=O) groups is 1. The molecule has 1 aliphatic rings. The zero-order valence-electron chi connectivity index (χ0n) is 15.9. The quantitative estimate of drug-likeness (QED) is 0.811. The van der Waals surface area contributed by atoms with E-state index in [-0.39, 0.29) is 11.9 Å². The molecule has 2 aromatic carbocycles. The van der Waals surface area contributed by atoms with Crippen LogP contribution in [0.2, 0.25) is 0 Å². The molecule has 0 unspecified atom stereocenters. The minimum absolute atomic E-state index is 0.0912. The highest BCUT2D eigenvalue weighted by Crippen LogP contribution is 2.14. The Bertz CT molecular complexity index is 906. The first-order valence-corrected chi connectivity index (χ1v) is 10.8. The molecule has 3 rings (SSSR count). The molecule has 148 valence electrons. The van der Waals surface area contributed by atoms with Gasteiger partial charge in [0.1, 0.15) is 0 Å². The Labute approximate surface area is 166 Å². The Kier molecular flexibility index (Phi) is 6.61. The summed E-state index contributed by atoms with van der Waals surface area (Å²) in [6.07, 6.45) is 1.61. The third-order valence-corrected chi connectivity index (χ3v) is 6.40. The van der Waals surface area contributed by atoms with Gasteiger partial charge in [-0.25, -0.2) is 8.42 Å². The zero-order chi connectivity index (χ0) is 20.0. The average Bonchev–Trinajstić information content (AvgIpc) is 2.73. The van der Waals surface area contributed by atoms with Crippen LogP contribution in [-0.4, -0.2) is 55.8 Å².